The Morgan fingerprint density at radius 2 is 1.88 bits per heavy atom. The largest absolute Gasteiger partial charge is 0.490 e. The van der Waals surface area contributed by atoms with Crippen LogP contribution in [-0.2, 0) is 11.3 Å². The molecule has 4 aromatic rings. The zero-order chi connectivity index (χ0) is 29.2. The number of rotatable bonds is 8. The highest BCUT2D eigenvalue weighted by molar-refractivity contribution is 5.82. The molecule has 43 heavy (non-hydrogen) atoms. The van der Waals surface area contributed by atoms with E-state index in [-0.39, 0.29) is 17.6 Å². The Morgan fingerprint density at radius 1 is 1.07 bits per heavy atom. The maximum Gasteiger partial charge on any atom is 0.260 e. The van der Waals surface area contributed by atoms with E-state index in [0.29, 0.717) is 31.4 Å². The van der Waals surface area contributed by atoms with Crippen LogP contribution in [-0.4, -0.2) is 52.1 Å². The number of nitrogens with one attached hydrogen (secondary N) is 2. The highest BCUT2D eigenvalue weighted by Gasteiger charge is 2.25. The number of piperidine rings is 1. The lowest BCUT2D eigenvalue weighted by molar-refractivity contribution is 0.0788. The standard InChI is InChI=1S/C33H38N6O4/c1-21-3-2-4-28(21)29-17-23-18-35-33(37-25-5-7-26(8-6-25)42-27-9-13-34-14-10-27)38-31(23)39(32(29)40)20-24-19-36-43-30(24)22-11-15-41-16-12-22/h5-8,17-19,22,27,34H,2-4,9-16,20H2,1H3,(H,35,37,38). The van der Waals surface area contributed by atoms with Crippen molar-refractivity contribution < 1.29 is 14.0 Å². The molecule has 0 unspecified atom stereocenters. The first-order valence-corrected chi connectivity index (χ1v) is 15.5. The summed E-state index contributed by atoms with van der Waals surface area (Å²) in [5, 5.41) is 11.6. The van der Waals surface area contributed by atoms with E-state index in [2.05, 4.69) is 27.7 Å². The number of anilines is 2. The van der Waals surface area contributed by atoms with Gasteiger partial charge in [-0.2, -0.15) is 4.98 Å². The van der Waals surface area contributed by atoms with Gasteiger partial charge in [-0.3, -0.25) is 9.36 Å². The van der Waals surface area contributed by atoms with Gasteiger partial charge in [-0.1, -0.05) is 10.7 Å². The number of ether oxygens (including phenoxy) is 2. The third-order valence-corrected chi connectivity index (χ3v) is 8.94. The lowest BCUT2D eigenvalue weighted by atomic mass is 9.95. The van der Waals surface area contributed by atoms with Crippen LogP contribution in [0.25, 0.3) is 16.6 Å². The molecule has 2 N–H and O–H groups in total. The van der Waals surface area contributed by atoms with Crippen molar-refractivity contribution in [1.82, 2.24) is 25.0 Å². The number of fused-ring (bicyclic) bond motifs is 1. The number of hydrogen-bond donors (Lipinski definition) is 2. The molecule has 0 amide bonds. The van der Waals surface area contributed by atoms with Crippen molar-refractivity contribution >= 4 is 28.2 Å². The molecular weight excluding hydrogens is 544 g/mol. The van der Waals surface area contributed by atoms with E-state index in [0.717, 1.165) is 97.3 Å². The van der Waals surface area contributed by atoms with Crippen LogP contribution in [0.15, 0.2) is 57.6 Å². The molecule has 3 aromatic heterocycles. The van der Waals surface area contributed by atoms with Crippen LogP contribution in [0.3, 0.4) is 0 Å². The van der Waals surface area contributed by atoms with E-state index in [1.807, 2.05) is 30.3 Å². The zero-order valence-electron chi connectivity index (χ0n) is 24.6. The van der Waals surface area contributed by atoms with Gasteiger partial charge >= 0.3 is 0 Å². The van der Waals surface area contributed by atoms with Crippen molar-refractivity contribution in [3.8, 4) is 5.75 Å². The van der Waals surface area contributed by atoms with Crippen molar-refractivity contribution in [3.63, 3.8) is 0 Å². The summed E-state index contributed by atoms with van der Waals surface area (Å²) in [7, 11) is 0. The number of nitrogens with zero attached hydrogens (tertiary/aromatic N) is 4. The molecular formula is C33H38N6O4. The minimum absolute atomic E-state index is 0.0491. The molecule has 2 saturated heterocycles. The fourth-order valence-electron chi connectivity index (χ4n) is 6.55. The van der Waals surface area contributed by atoms with Gasteiger partial charge in [-0.15, -0.1) is 0 Å². The molecule has 224 valence electrons. The quantitative estimate of drug-likeness (QED) is 0.276. The van der Waals surface area contributed by atoms with Crippen molar-refractivity contribution in [2.24, 2.45) is 0 Å². The normalized spacial score (nSPS) is 18.4. The molecule has 0 atom stereocenters. The van der Waals surface area contributed by atoms with Gasteiger partial charge in [-0.05, 0) is 101 Å². The van der Waals surface area contributed by atoms with Crippen LogP contribution in [0, 0.1) is 0 Å². The van der Waals surface area contributed by atoms with Gasteiger partial charge in [0, 0.05) is 47.5 Å². The Bertz CT molecular complexity index is 1680. The Labute approximate surface area is 250 Å². The molecule has 0 radical (unpaired) electrons. The summed E-state index contributed by atoms with van der Waals surface area (Å²) >= 11 is 0. The Balaban J connectivity index is 1.21. The highest BCUT2D eigenvalue weighted by Crippen LogP contribution is 2.34. The summed E-state index contributed by atoms with van der Waals surface area (Å²) in [4.78, 5) is 23.7. The average Bonchev–Trinajstić information content (AvgIpc) is 3.69. The predicted molar refractivity (Wildman–Crippen MR) is 165 cm³/mol. The smallest absolute Gasteiger partial charge is 0.260 e. The summed E-state index contributed by atoms with van der Waals surface area (Å²) in [5.41, 5.74) is 5.43. The van der Waals surface area contributed by atoms with Crippen LogP contribution in [0.4, 0.5) is 11.6 Å². The molecule has 1 aromatic carbocycles. The first-order valence-electron chi connectivity index (χ1n) is 15.5. The van der Waals surface area contributed by atoms with E-state index >= 15 is 0 Å². The van der Waals surface area contributed by atoms with Crippen LogP contribution < -0.4 is 20.9 Å². The van der Waals surface area contributed by atoms with Crippen LogP contribution in [0.1, 0.15) is 74.7 Å². The van der Waals surface area contributed by atoms with E-state index in [4.69, 9.17) is 19.0 Å². The van der Waals surface area contributed by atoms with Crippen LogP contribution >= 0.6 is 0 Å². The predicted octanol–water partition coefficient (Wildman–Crippen LogP) is 5.55. The molecule has 0 spiro atoms. The number of allylic oxidation sites excluding steroid dienone is 2. The summed E-state index contributed by atoms with van der Waals surface area (Å²) in [6.45, 7) is 5.83. The third-order valence-electron chi connectivity index (χ3n) is 8.94. The molecule has 5 heterocycles. The van der Waals surface area contributed by atoms with Gasteiger partial charge < -0.3 is 24.6 Å². The van der Waals surface area contributed by atoms with E-state index < -0.39 is 0 Å². The first-order chi connectivity index (χ1) is 21.1. The van der Waals surface area contributed by atoms with Gasteiger partial charge in [0.15, 0.2) is 0 Å². The van der Waals surface area contributed by atoms with Crippen LogP contribution in [0.5, 0.6) is 5.75 Å². The minimum atomic E-state index is -0.0491. The SMILES string of the molecule is CC1=C(c2cc3cnc(Nc4ccc(OC5CCNCC5)cc4)nc3n(Cc3cnoc3C3CCOCC3)c2=O)CCC1. The van der Waals surface area contributed by atoms with Crippen molar-refractivity contribution in [1.29, 1.82) is 0 Å². The lowest BCUT2D eigenvalue weighted by Crippen LogP contribution is -2.34. The van der Waals surface area contributed by atoms with Crippen molar-refractivity contribution in [2.45, 2.75) is 70.4 Å². The van der Waals surface area contributed by atoms with Gasteiger partial charge in [-0.25, -0.2) is 4.98 Å². The van der Waals surface area contributed by atoms with E-state index in [1.165, 1.54) is 5.57 Å². The molecule has 2 aliphatic heterocycles. The highest BCUT2D eigenvalue weighted by atomic mass is 16.5. The van der Waals surface area contributed by atoms with E-state index in [1.54, 1.807) is 17.0 Å². The molecule has 2 fully saturated rings. The summed E-state index contributed by atoms with van der Waals surface area (Å²) in [6.07, 6.45) is 10.6. The van der Waals surface area contributed by atoms with Crippen molar-refractivity contribution in [3.05, 3.63) is 75.5 Å². The van der Waals surface area contributed by atoms with Gasteiger partial charge in [0.2, 0.25) is 5.95 Å². The van der Waals surface area contributed by atoms with Crippen LogP contribution in [0.2, 0.25) is 0 Å². The maximum absolute atomic E-state index is 14.2. The van der Waals surface area contributed by atoms with Gasteiger partial charge in [0.25, 0.3) is 5.56 Å². The molecule has 0 bridgehead atoms. The fraction of sp³-hybridized carbons (Fsp3) is 0.455. The summed E-state index contributed by atoms with van der Waals surface area (Å²) in [5.74, 6) is 2.34. The average molecular weight is 583 g/mol. The molecule has 1 aliphatic carbocycles. The Kier molecular flexibility index (Phi) is 7.95. The monoisotopic (exact) mass is 582 g/mol. The van der Waals surface area contributed by atoms with Gasteiger partial charge in [0.05, 0.1) is 12.7 Å². The fourth-order valence-corrected chi connectivity index (χ4v) is 6.55. The molecule has 3 aliphatic rings. The molecule has 10 nitrogen and oxygen atoms in total. The number of benzene rings is 1. The Morgan fingerprint density at radius 3 is 2.65 bits per heavy atom. The Hall–Kier alpha value is -4.02. The third kappa shape index (κ3) is 5.94. The lowest BCUT2D eigenvalue weighted by Gasteiger charge is -2.23. The molecule has 0 saturated carbocycles. The van der Waals surface area contributed by atoms with E-state index in [9.17, 15) is 4.79 Å². The van der Waals surface area contributed by atoms with Crippen molar-refractivity contribution in [2.75, 3.05) is 31.6 Å². The maximum atomic E-state index is 14.2. The zero-order valence-corrected chi connectivity index (χ0v) is 24.6. The second-order valence-electron chi connectivity index (χ2n) is 11.9. The summed E-state index contributed by atoms with van der Waals surface area (Å²) < 4.78 is 19.2. The number of aromatic nitrogens is 4. The molecule has 7 rings (SSSR count). The second kappa shape index (κ2) is 12.3. The number of hydrogen-bond acceptors (Lipinski definition) is 9. The summed E-state index contributed by atoms with van der Waals surface area (Å²) in [6, 6.07) is 9.83. The first kappa shape index (κ1) is 27.8. The number of pyridine rings is 1. The van der Waals surface area contributed by atoms with Gasteiger partial charge in [0.1, 0.15) is 23.3 Å². The topological polar surface area (TPSA) is 116 Å². The minimum Gasteiger partial charge on any atom is -0.490 e. The molecule has 10 heteroatoms. The second-order valence-corrected chi connectivity index (χ2v) is 11.9.